The number of amides is 1. The number of Topliss-reactive ketones (excluding diaryl/α,β-unsaturated/α-hetero) is 1. The molecule has 0 N–H and O–H groups in total. The SMILES string of the molecule is CC(C)c1cc(C(=O)N2CCOC[C@@H]2CC(=O)c2ccco2)no1. The third kappa shape index (κ3) is 3.41. The molecule has 7 nitrogen and oxygen atoms in total. The minimum absolute atomic E-state index is 0.147. The van der Waals surface area contributed by atoms with E-state index < -0.39 is 0 Å². The van der Waals surface area contributed by atoms with Gasteiger partial charge in [-0.3, -0.25) is 9.59 Å². The van der Waals surface area contributed by atoms with Crippen LogP contribution in [0.4, 0.5) is 0 Å². The molecule has 0 bridgehead atoms. The Morgan fingerprint density at radius 2 is 2.25 bits per heavy atom. The van der Waals surface area contributed by atoms with E-state index in [0.717, 1.165) is 0 Å². The topological polar surface area (TPSA) is 85.8 Å². The van der Waals surface area contributed by atoms with E-state index in [-0.39, 0.29) is 41.5 Å². The van der Waals surface area contributed by atoms with Crippen LogP contribution in [0.1, 0.15) is 53.0 Å². The summed E-state index contributed by atoms with van der Waals surface area (Å²) in [7, 11) is 0. The van der Waals surface area contributed by atoms with Gasteiger partial charge in [0, 0.05) is 24.9 Å². The summed E-state index contributed by atoms with van der Waals surface area (Å²) in [5.41, 5.74) is 0.260. The van der Waals surface area contributed by atoms with Gasteiger partial charge in [0.25, 0.3) is 5.91 Å². The quantitative estimate of drug-likeness (QED) is 0.782. The van der Waals surface area contributed by atoms with Crippen LogP contribution in [0.3, 0.4) is 0 Å². The third-order valence-electron chi connectivity index (χ3n) is 4.02. The molecular formula is C17H20N2O5. The number of nitrogens with zero attached hydrogens (tertiary/aromatic N) is 2. The predicted octanol–water partition coefficient (Wildman–Crippen LogP) is 2.51. The Morgan fingerprint density at radius 3 is 2.92 bits per heavy atom. The third-order valence-corrected chi connectivity index (χ3v) is 4.02. The van der Waals surface area contributed by atoms with Crippen LogP contribution in [-0.4, -0.2) is 47.5 Å². The molecule has 7 heteroatoms. The maximum absolute atomic E-state index is 12.7. The molecule has 1 amide bonds. The van der Waals surface area contributed by atoms with Crippen molar-refractivity contribution < 1.29 is 23.3 Å². The van der Waals surface area contributed by atoms with Gasteiger partial charge in [-0.25, -0.2) is 0 Å². The summed E-state index contributed by atoms with van der Waals surface area (Å²) in [6.07, 6.45) is 1.60. The summed E-state index contributed by atoms with van der Waals surface area (Å²) in [6, 6.07) is 4.60. The van der Waals surface area contributed by atoms with E-state index in [9.17, 15) is 9.59 Å². The van der Waals surface area contributed by atoms with Gasteiger partial charge in [-0.2, -0.15) is 0 Å². The maximum Gasteiger partial charge on any atom is 0.276 e. The molecule has 0 unspecified atom stereocenters. The minimum Gasteiger partial charge on any atom is -0.461 e. The van der Waals surface area contributed by atoms with E-state index in [1.165, 1.54) is 6.26 Å². The van der Waals surface area contributed by atoms with Gasteiger partial charge in [-0.1, -0.05) is 19.0 Å². The monoisotopic (exact) mass is 332 g/mol. The van der Waals surface area contributed by atoms with Crippen molar-refractivity contribution in [3.63, 3.8) is 0 Å². The van der Waals surface area contributed by atoms with Crippen molar-refractivity contribution in [1.82, 2.24) is 10.1 Å². The number of ether oxygens (including phenoxy) is 1. The molecule has 1 fully saturated rings. The van der Waals surface area contributed by atoms with Crippen molar-refractivity contribution in [2.24, 2.45) is 0 Å². The summed E-state index contributed by atoms with van der Waals surface area (Å²) in [6.45, 7) is 5.10. The minimum atomic E-state index is -0.344. The van der Waals surface area contributed by atoms with E-state index >= 15 is 0 Å². The number of aromatic nitrogens is 1. The van der Waals surface area contributed by atoms with E-state index in [4.69, 9.17) is 13.7 Å². The number of furan rings is 1. The molecule has 0 aliphatic carbocycles. The Kier molecular flexibility index (Phi) is 4.80. The number of morpholine rings is 1. The second-order valence-electron chi connectivity index (χ2n) is 6.10. The molecule has 0 spiro atoms. The number of hydrogen-bond donors (Lipinski definition) is 0. The first kappa shape index (κ1) is 16.4. The number of carbonyl (C=O) groups excluding carboxylic acids is 2. The second kappa shape index (κ2) is 7.00. The van der Waals surface area contributed by atoms with Crippen molar-refractivity contribution in [1.29, 1.82) is 0 Å². The van der Waals surface area contributed by atoms with Crippen LogP contribution in [0, 0.1) is 0 Å². The van der Waals surface area contributed by atoms with Crippen LogP contribution in [0.25, 0.3) is 0 Å². The van der Waals surface area contributed by atoms with Gasteiger partial charge >= 0.3 is 0 Å². The Labute approximate surface area is 139 Å². The highest BCUT2D eigenvalue weighted by molar-refractivity contribution is 5.95. The lowest BCUT2D eigenvalue weighted by Crippen LogP contribution is -2.49. The lowest BCUT2D eigenvalue weighted by molar-refractivity contribution is -0.00351. The average molecular weight is 332 g/mol. The first-order chi connectivity index (χ1) is 11.6. The van der Waals surface area contributed by atoms with Crippen molar-refractivity contribution in [2.75, 3.05) is 19.8 Å². The van der Waals surface area contributed by atoms with Crippen molar-refractivity contribution in [3.8, 4) is 0 Å². The molecule has 1 aliphatic heterocycles. The number of carbonyl (C=O) groups is 2. The van der Waals surface area contributed by atoms with Crippen molar-refractivity contribution in [3.05, 3.63) is 41.7 Å². The highest BCUT2D eigenvalue weighted by Crippen LogP contribution is 2.20. The lowest BCUT2D eigenvalue weighted by atomic mass is 10.1. The highest BCUT2D eigenvalue weighted by atomic mass is 16.5. The van der Waals surface area contributed by atoms with Crippen LogP contribution in [-0.2, 0) is 4.74 Å². The fraction of sp³-hybridized carbons (Fsp3) is 0.471. The molecule has 0 aromatic carbocycles. The molecule has 0 radical (unpaired) electrons. The van der Waals surface area contributed by atoms with E-state index in [1.807, 2.05) is 13.8 Å². The lowest BCUT2D eigenvalue weighted by Gasteiger charge is -2.34. The smallest absolute Gasteiger partial charge is 0.276 e. The van der Waals surface area contributed by atoms with E-state index in [1.54, 1.807) is 23.1 Å². The summed E-state index contributed by atoms with van der Waals surface area (Å²) >= 11 is 0. The molecule has 1 atom stereocenters. The van der Waals surface area contributed by atoms with E-state index in [0.29, 0.717) is 25.5 Å². The molecule has 3 rings (SSSR count). The molecule has 1 aliphatic rings. The van der Waals surface area contributed by atoms with Gasteiger partial charge in [0.2, 0.25) is 0 Å². The van der Waals surface area contributed by atoms with Gasteiger partial charge in [0.1, 0.15) is 5.76 Å². The van der Waals surface area contributed by atoms with Gasteiger partial charge in [0.05, 0.1) is 25.5 Å². The molecular weight excluding hydrogens is 312 g/mol. The van der Waals surface area contributed by atoms with Gasteiger partial charge < -0.3 is 18.6 Å². The summed E-state index contributed by atoms with van der Waals surface area (Å²) in [4.78, 5) is 26.6. The zero-order valence-electron chi connectivity index (χ0n) is 13.7. The average Bonchev–Trinajstić information content (AvgIpc) is 3.26. The molecule has 128 valence electrons. The maximum atomic E-state index is 12.7. The zero-order valence-corrected chi connectivity index (χ0v) is 13.7. The van der Waals surface area contributed by atoms with Crippen LogP contribution >= 0.6 is 0 Å². The van der Waals surface area contributed by atoms with Crippen molar-refractivity contribution >= 4 is 11.7 Å². The number of hydrogen-bond acceptors (Lipinski definition) is 6. The fourth-order valence-electron chi connectivity index (χ4n) is 2.65. The summed E-state index contributed by atoms with van der Waals surface area (Å²) < 4.78 is 15.8. The highest BCUT2D eigenvalue weighted by Gasteiger charge is 2.32. The normalized spacial score (nSPS) is 18.1. The van der Waals surface area contributed by atoms with Gasteiger partial charge in [-0.05, 0) is 12.1 Å². The Hall–Kier alpha value is -2.41. The molecule has 1 saturated heterocycles. The van der Waals surface area contributed by atoms with Crippen LogP contribution in [0.2, 0.25) is 0 Å². The fourth-order valence-corrected chi connectivity index (χ4v) is 2.65. The van der Waals surface area contributed by atoms with Crippen LogP contribution in [0.5, 0.6) is 0 Å². The van der Waals surface area contributed by atoms with Crippen LogP contribution in [0.15, 0.2) is 33.4 Å². The van der Waals surface area contributed by atoms with E-state index in [2.05, 4.69) is 5.16 Å². The first-order valence-electron chi connectivity index (χ1n) is 7.98. The largest absolute Gasteiger partial charge is 0.461 e. The van der Waals surface area contributed by atoms with Gasteiger partial charge in [0.15, 0.2) is 17.2 Å². The summed E-state index contributed by atoms with van der Waals surface area (Å²) in [5.74, 6) is 0.703. The molecule has 2 aromatic rings. The summed E-state index contributed by atoms with van der Waals surface area (Å²) in [5, 5.41) is 3.87. The Morgan fingerprint density at radius 1 is 1.42 bits per heavy atom. The zero-order chi connectivity index (χ0) is 17.1. The molecule has 0 saturated carbocycles. The van der Waals surface area contributed by atoms with Crippen LogP contribution < -0.4 is 0 Å². The first-order valence-corrected chi connectivity index (χ1v) is 7.98. The van der Waals surface area contributed by atoms with Gasteiger partial charge in [-0.15, -0.1) is 0 Å². The Bertz CT molecular complexity index is 704. The Balaban J connectivity index is 1.73. The second-order valence-corrected chi connectivity index (χ2v) is 6.10. The molecule has 24 heavy (non-hydrogen) atoms. The molecule has 3 heterocycles. The number of ketones is 1. The number of rotatable bonds is 5. The van der Waals surface area contributed by atoms with Crippen molar-refractivity contribution in [2.45, 2.75) is 32.2 Å². The predicted molar refractivity (Wildman–Crippen MR) is 83.9 cm³/mol. The molecule has 2 aromatic heterocycles. The standard InChI is InChI=1S/C17H20N2O5/c1-11(2)16-9-13(18-24-16)17(21)19-5-7-22-10-12(19)8-14(20)15-4-3-6-23-15/h3-4,6,9,11-12H,5,7-8,10H2,1-2H3/t12-/m0/s1.